The summed E-state index contributed by atoms with van der Waals surface area (Å²) in [6, 6.07) is 11.2. The number of halogens is 2. The largest absolute Gasteiger partial charge is 0.350 e. The summed E-state index contributed by atoms with van der Waals surface area (Å²) >= 11 is 2.15. The van der Waals surface area contributed by atoms with Gasteiger partial charge in [-0.15, -0.1) is 0 Å². The highest BCUT2D eigenvalue weighted by Gasteiger charge is 2.19. The molecule has 0 unspecified atom stereocenters. The lowest BCUT2D eigenvalue weighted by Gasteiger charge is -2.07. The van der Waals surface area contributed by atoms with Gasteiger partial charge in [-0.1, -0.05) is 6.07 Å². The monoisotopic (exact) mass is 358 g/mol. The van der Waals surface area contributed by atoms with Gasteiger partial charge in [0.05, 0.1) is 4.92 Å². The molecule has 0 bridgehead atoms. The van der Waals surface area contributed by atoms with Crippen molar-refractivity contribution < 1.29 is 9.31 Å². The Labute approximate surface area is 116 Å². The van der Waals surface area contributed by atoms with E-state index < -0.39 is 16.4 Å². The molecule has 2 rings (SSSR count). The molecule has 0 heterocycles. The second-order valence-corrected chi connectivity index (χ2v) is 4.77. The molecule has 0 saturated carbocycles. The summed E-state index contributed by atoms with van der Waals surface area (Å²) in [5.41, 5.74) is 0.265. The molecule has 0 saturated heterocycles. The smallest absolute Gasteiger partial charge is 0.327 e. The van der Waals surface area contributed by atoms with E-state index in [1.54, 1.807) is 12.1 Å². The van der Waals surface area contributed by atoms with Gasteiger partial charge in [0.1, 0.15) is 5.69 Å². The second kappa shape index (κ2) is 5.30. The molecule has 0 fully saturated rings. The summed E-state index contributed by atoms with van der Waals surface area (Å²) in [6.45, 7) is 0. The van der Waals surface area contributed by atoms with Crippen molar-refractivity contribution in [3.8, 4) is 0 Å². The number of nitrogens with zero attached hydrogens (tertiary/aromatic N) is 1. The van der Waals surface area contributed by atoms with E-state index in [2.05, 4.69) is 27.9 Å². The van der Waals surface area contributed by atoms with Gasteiger partial charge in [-0.25, -0.2) is 0 Å². The molecule has 0 atom stereocenters. The molecule has 2 aromatic rings. The van der Waals surface area contributed by atoms with E-state index in [4.69, 9.17) is 0 Å². The Bertz CT molecular complexity index is 587. The number of nitro benzene ring substituents is 1. The van der Waals surface area contributed by atoms with Crippen LogP contribution in [0.15, 0.2) is 42.5 Å². The van der Waals surface area contributed by atoms with E-state index in [9.17, 15) is 14.5 Å². The standard InChI is InChI=1S/C12H8FIN2O2/c13-10-2-1-3-11(12(10)16(17)18)15-9-6-4-8(14)5-7-9/h1-7,15H. The van der Waals surface area contributed by atoms with Crippen molar-refractivity contribution in [2.24, 2.45) is 0 Å². The van der Waals surface area contributed by atoms with Crippen LogP contribution in [0.2, 0.25) is 0 Å². The third-order valence-corrected chi connectivity index (χ3v) is 3.01. The van der Waals surface area contributed by atoms with Crippen molar-refractivity contribution in [1.82, 2.24) is 0 Å². The lowest BCUT2D eigenvalue weighted by molar-refractivity contribution is -0.386. The van der Waals surface area contributed by atoms with E-state index in [0.29, 0.717) is 5.69 Å². The molecule has 0 amide bonds. The molecule has 18 heavy (non-hydrogen) atoms. The van der Waals surface area contributed by atoms with Crippen molar-refractivity contribution in [3.05, 3.63) is 62.0 Å². The highest BCUT2D eigenvalue weighted by Crippen LogP contribution is 2.30. The fourth-order valence-corrected chi connectivity index (χ4v) is 1.85. The summed E-state index contributed by atoms with van der Waals surface area (Å²) in [4.78, 5) is 10.1. The molecule has 0 aliphatic rings. The summed E-state index contributed by atoms with van der Waals surface area (Å²) in [7, 11) is 0. The van der Waals surface area contributed by atoms with Crippen LogP contribution >= 0.6 is 22.6 Å². The summed E-state index contributed by atoms with van der Waals surface area (Å²) < 4.78 is 14.4. The zero-order valence-corrected chi connectivity index (χ0v) is 11.2. The number of benzene rings is 2. The van der Waals surface area contributed by atoms with Gasteiger partial charge in [0, 0.05) is 9.26 Å². The molecule has 0 aliphatic carbocycles. The van der Waals surface area contributed by atoms with E-state index in [1.807, 2.05) is 12.1 Å². The number of hydrogen-bond acceptors (Lipinski definition) is 3. The minimum Gasteiger partial charge on any atom is -0.350 e. The number of para-hydroxylation sites is 1. The molecule has 4 nitrogen and oxygen atoms in total. The van der Waals surface area contributed by atoms with E-state index in [0.717, 1.165) is 9.64 Å². The Kier molecular flexibility index (Phi) is 3.75. The highest BCUT2D eigenvalue weighted by atomic mass is 127. The summed E-state index contributed by atoms with van der Waals surface area (Å²) in [6.07, 6.45) is 0. The molecule has 1 N–H and O–H groups in total. The van der Waals surface area contributed by atoms with Crippen LogP contribution in [0.25, 0.3) is 0 Å². The first-order valence-electron chi connectivity index (χ1n) is 5.03. The first-order valence-corrected chi connectivity index (χ1v) is 6.11. The van der Waals surface area contributed by atoms with Crippen molar-refractivity contribution in [3.63, 3.8) is 0 Å². The summed E-state index contributed by atoms with van der Waals surface area (Å²) in [5.74, 6) is -0.851. The van der Waals surface area contributed by atoms with Gasteiger partial charge in [0.2, 0.25) is 5.82 Å². The zero-order valence-electron chi connectivity index (χ0n) is 9.06. The fourth-order valence-electron chi connectivity index (χ4n) is 1.49. The zero-order chi connectivity index (χ0) is 13.1. The molecule has 0 aliphatic heterocycles. The highest BCUT2D eigenvalue weighted by molar-refractivity contribution is 14.1. The minimum atomic E-state index is -0.851. The Hall–Kier alpha value is -1.70. The predicted molar refractivity (Wildman–Crippen MR) is 75.5 cm³/mol. The van der Waals surface area contributed by atoms with Gasteiger partial charge in [0.15, 0.2) is 0 Å². The number of hydrogen-bond donors (Lipinski definition) is 1. The van der Waals surface area contributed by atoms with Crippen LogP contribution in [0.4, 0.5) is 21.5 Å². The lowest BCUT2D eigenvalue weighted by atomic mass is 10.2. The number of nitro groups is 1. The van der Waals surface area contributed by atoms with Crippen molar-refractivity contribution in [1.29, 1.82) is 0 Å². The van der Waals surface area contributed by atoms with Gasteiger partial charge in [0.25, 0.3) is 0 Å². The quantitative estimate of drug-likeness (QED) is 0.511. The van der Waals surface area contributed by atoms with Crippen molar-refractivity contribution in [2.45, 2.75) is 0 Å². The molecule has 0 spiro atoms. The SMILES string of the molecule is O=[N+]([O-])c1c(F)cccc1Nc1ccc(I)cc1. The van der Waals surface area contributed by atoms with Crippen LogP contribution in [-0.2, 0) is 0 Å². The van der Waals surface area contributed by atoms with Gasteiger partial charge >= 0.3 is 5.69 Å². The second-order valence-electron chi connectivity index (χ2n) is 3.53. The van der Waals surface area contributed by atoms with Gasteiger partial charge in [-0.3, -0.25) is 10.1 Å². The molecule has 0 aromatic heterocycles. The fraction of sp³-hybridized carbons (Fsp3) is 0. The van der Waals surface area contributed by atoms with Crippen LogP contribution in [0.1, 0.15) is 0 Å². The first kappa shape index (κ1) is 12.7. The third kappa shape index (κ3) is 2.76. The number of anilines is 2. The van der Waals surface area contributed by atoms with Gasteiger partial charge in [-0.05, 0) is 59.0 Å². The van der Waals surface area contributed by atoms with E-state index in [-0.39, 0.29) is 5.69 Å². The van der Waals surface area contributed by atoms with Gasteiger partial charge < -0.3 is 5.32 Å². The molecule has 2 aromatic carbocycles. The van der Waals surface area contributed by atoms with E-state index >= 15 is 0 Å². The van der Waals surface area contributed by atoms with Crippen LogP contribution in [0.3, 0.4) is 0 Å². The predicted octanol–water partition coefficient (Wildman–Crippen LogP) is 4.08. The molecular formula is C12H8FIN2O2. The third-order valence-electron chi connectivity index (χ3n) is 2.29. The average Bonchev–Trinajstić information content (AvgIpc) is 2.32. The maximum absolute atomic E-state index is 13.4. The maximum atomic E-state index is 13.4. The van der Waals surface area contributed by atoms with Crippen LogP contribution in [0, 0.1) is 19.5 Å². The Balaban J connectivity index is 2.37. The van der Waals surface area contributed by atoms with Crippen LogP contribution in [0.5, 0.6) is 0 Å². The average molecular weight is 358 g/mol. The lowest BCUT2D eigenvalue weighted by Crippen LogP contribution is -1.99. The minimum absolute atomic E-state index is 0.140. The molecule has 92 valence electrons. The Morgan fingerprint density at radius 1 is 1.17 bits per heavy atom. The summed E-state index contributed by atoms with van der Waals surface area (Å²) in [5, 5.41) is 13.6. The molecular weight excluding hydrogens is 350 g/mol. The topological polar surface area (TPSA) is 55.2 Å². The number of rotatable bonds is 3. The Morgan fingerprint density at radius 3 is 2.44 bits per heavy atom. The normalized spacial score (nSPS) is 10.1. The first-order chi connectivity index (χ1) is 8.58. The maximum Gasteiger partial charge on any atom is 0.327 e. The van der Waals surface area contributed by atoms with Crippen LogP contribution < -0.4 is 5.32 Å². The molecule has 0 radical (unpaired) electrons. The van der Waals surface area contributed by atoms with Crippen molar-refractivity contribution in [2.75, 3.05) is 5.32 Å². The van der Waals surface area contributed by atoms with Crippen molar-refractivity contribution >= 4 is 39.7 Å². The van der Waals surface area contributed by atoms with E-state index in [1.165, 1.54) is 12.1 Å². The number of nitrogens with one attached hydrogen (secondary N) is 1. The molecule has 6 heteroatoms. The van der Waals surface area contributed by atoms with Crippen LogP contribution in [-0.4, -0.2) is 4.92 Å². The van der Waals surface area contributed by atoms with Gasteiger partial charge in [-0.2, -0.15) is 4.39 Å². The Morgan fingerprint density at radius 2 is 1.83 bits per heavy atom.